The number of carbonyl (C=O) groups excluding carboxylic acids is 2. The second kappa shape index (κ2) is 8.61. The van der Waals surface area contributed by atoms with Crippen molar-refractivity contribution in [3.05, 3.63) is 53.6 Å². The quantitative estimate of drug-likeness (QED) is 0.720. The second-order valence-electron chi connectivity index (χ2n) is 4.64. The van der Waals surface area contributed by atoms with Crippen LogP contribution in [0.15, 0.2) is 36.8 Å². The lowest BCUT2D eigenvalue weighted by atomic mass is 10.2. The van der Waals surface area contributed by atoms with E-state index in [0.29, 0.717) is 23.6 Å². The van der Waals surface area contributed by atoms with Gasteiger partial charge in [0.2, 0.25) is 0 Å². The summed E-state index contributed by atoms with van der Waals surface area (Å²) in [5.41, 5.74) is 1.14. The Kier molecular flexibility index (Phi) is 6.24. The molecule has 0 fully saturated rings. The number of hydrogen-bond acceptors (Lipinski definition) is 7. The summed E-state index contributed by atoms with van der Waals surface area (Å²) in [6.45, 7) is 4.14. The predicted octanol–water partition coefficient (Wildman–Crippen LogP) is 2.41. The van der Waals surface area contributed by atoms with Crippen LogP contribution >= 0.6 is 0 Å². The van der Waals surface area contributed by atoms with Gasteiger partial charge in [-0.05, 0) is 38.1 Å². The van der Waals surface area contributed by atoms with E-state index in [-0.39, 0.29) is 24.7 Å². The van der Waals surface area contributed by atoms with Gasteiger partial charge in [-0.1, -0.05) is 0 Å². The zero-order valence-corrected chi connectivity index (χ0v) is 13.5. The number of carbonyl (C=O) groups is 2. The lowest BCUT2D eigenvalue weighted by Gasteiger charge is -2.09. The molecule has 7 nitrogen and oxygen atoms in total. The van der Waals surface area contributed by atoms with Gasteiger partial charge in [0, 0.05) is 6.20 Å². The lowest BCUT2D eigenvalue weighted by molar-refractivity contribution is 0.0513. The third-order valence-electron chi connectivity index (χ3n) is 3.03. The number of benzene rings is 1. The van der Waals surface area contributed by atoms with E-state index in [9.17, 15) is 9.59 Å². The number of hydrogen-bond donors (Lipinski definition) is 0. The average molecular weight is 330 g/mol. The smallest absolute Gasteiger partial charge is 0.341 e. The van der Waals surface area contributed by atoms with Crippen molar-refractivity contribution < 1.29 is 23.8 Å². The molecule has 126 valence electrons. The highest BCUT2D eigenvalue weighted by atomic mass is 16.5. The van der Waals surface area contributed by atoms with Crippen LogP contribution in [-0.4, -0.2) is 35.1 Å². The van der Waals surface area contributed by atoms with Gasteiger partial charge in [0.05, 0.1) is 24.5 Å². The van der Waals surface area contributed by atoms with Crippen LogP contribution in [0.3, 0.4) is 0 Å². The largest absolute Gasteiger partial charge is 0.487 e. The molecule has 1 aromatic carbocycles. The van der Waals surface area contributed by atoms with Crippen LogP contribution < -0.4 is 4.74 Å². The Labute approximate surface area is 139 Å². The van der Waals surface area contributed by atoms with Crippen LogP contribution in [-0.2, 0) is 16.1 Å². The van der Waals surface area contributed by atoms with Crippen LogP contribution in [0.1, 0.15) is 40.3 Å². The van der Waals surface area contributed by atoms with E-state index in [0.717, 1.165) is 0 Å². The van der Waals surface area contributed by atoms with Gasteiger partial charge in [-0.2, -0.15) is 0 Å². The highest BCUT2D eigenvalue weighted by molar-refractivity contribution is 5.90. The summed E-state index contributed by atoms with van der Waals surface area (Å²) >= 11 is 0. The minimum atomic E-state index is -0.491. The molecule has 0 atom stereocenters. The fraction of sp³-hybridized carbons (Fsp3) is 0.294. The van der Waals surface area contributed by atoms with Gasteiger partial charge >= 0.3 is 11.9 Å². The van der Waals surface area contributed by atoms with Crippen molar-refractivity contribution >= 4 is 11.9 Å². The minimum absolute atomic E-state index is 0.0788. The van der Waals surface area contributed by atoms with Crippen LogP contribution in [0, 0.1) is 0 Å². The molecule has 2 aromatic rings. The lowest BCUT2D eigenvalue weighted by Crippen LogP contribution is -2.12. The first-order valence-corrected chi connectivity index (χ1v) is 7.51. The highest BCUT2D eigenvalue weighted by Gasteiger charge is 2.14. The van der Waals surface area contributed by atoms with E-state index in [1.807, 2.05) is 0 Å². The predicted molar refractivity (Wildman–Crippen MR) is 84.7 cm³/mol. The van der Waals surface area contributed by atoms with Gasteiger partial charge in [-0.3, -0.25) is 0 Å². The standard InChI is InChI=1S/C17H18N2O5/c1-3-22-16(20)12-5-7-13(8-6-12)24-10-15-14(9-18-11-19-15)17(21)23-4-2/h5-9,11H,3-4,10H2,1-2H3. The SMILES string of the molecule is CCOC(=O)c1ccc(OCc2ncncc2C(=O)OCC)cc1. The Morgan fingerprint density at radius 3 is 2.33 bits per heavy atom. The van der Waals surface area contributed by atoms with Crippen molar-refractivity contribution in [1.29, 1.82) is 0 Å². The van der Waals surface area contributed by atoms with Crippen molar-refractivity contribution in [1.82, 2.24) is 9.97 Å². The molecule has 0 aliphatic heterocycles. The number of nitrogens with zero attached hydrogens (tertiary/aromatic N) is 2. The molecule has 0 radical (unpaired) electrons. The molecule has 0 spiro atoms. The molecule has 24 heavy (non-hydrogen) atoms. The zero-order chi connectivity index (χ0) is 17.4. The van der Waals surface area contributed by atoms with Crippen molar-refractivity contribution in [2.45, 2.75) is 20.5 Å². The highest BCUT2D eigenvalue weighted by Crippen LogP contribution is 2.16. The van der Waals surface area contributed by atoms with Gasteiger partial charge in [-0.25, -0.2) is 19.6 Å². The monoisotopic (exact) mass is 330 g/mol. The maximum atomic E-state index is 11.8. The molecule has 1 heterocycles. The van der Waals surface area contributed by atoms with E-state index in [4.69, 9.17) is 14.2 Å². The summed E-state index contributed by atoms with van der Waals surface area (Å²) in [4.78, 5) is 31.3. The average Bonchev–Trinajstić information content (AvgIpc) is 2.61. The van der Waals surface area contributed by atoms with Gasteiger partial charge < -0.3 is 14.2 Å². The van der Waals surface area contributed by atoms with E-state index < -0.39 is 5.97 Å². The molecule has 0 unspecified atom stereocenters. The molecule has 2 rings (SSSR count). The van der Waals surface area contributed by atoms with Crippen LogP contribution in [0.2, 0.25) is 0 Å². The topological polar surface area (TPSA) is 87.6 Å². The van der Waals surface area contributed by atoms with Gasteiger partial charge in [0.1, 0.15) is 24.2 Å². The zero-order valence-electron chi connectivity index (χ0n) is 13.5. The fourth-order valence-corrected chi connectivity index (χ4v) is 1.90. The Morgan fingerprint density at radius 2 is 1.67 bits per heavy atom. The first-order chi connectivity index (χ1) is 11.7. The maximum absolute atomic E-state index is 11.8. The second-order valence-corrected chi connectivity index (χ2v) is 4.64. The fourth-order valence-electron chi connectivity index (χ4n) is 1.90. The minimum Gasteiger partial charge on any atom is -0.487 e. The summed E-state index contributed by atoms with van der Waals surface area (Å²) in [6, 6.07) is 6.52. The van der Waals surface area contributed by atoms with Crippen LogP contribution in [0.4, 0.5) is 0 Å². The molecular formula is C17H18N2O5. The third kappa shape index (κ3) is 4.52. The number of esters is 2. The van der Waals surface area contributed by atoms with E-state index in [1.165, 1.54) is 12.5 Å². The Bertz CT molecular complexity index is 700. The van der Waals surface area contributed by atoms with Crippen molar-refractivity contribution in [2.75, 3.05) is 13.2 Å². The molecule has 0 bridgehead atoms. The molecule has 0 aliphatic rings. The first kappa shape index (κ1) is 17.4. The normalized spacial score (nSPS) is 10.1. The van der Waals surface area contributed by atoms with E-state index >= 15 is 0 Å². The summed E-state index contributed by atoms with van der Waals surface area (Å²) in [7, 11) is 0. The maximum Gasteiger partial charge on any atom is 0.341 e. The summed E-state index contributed by atoms with van der Waals surface area (Å²) in [5.74, 6) is -0.338. The van der Waals surface area contributed by atoms with Gasteiger partial charge in [0.15, 0.2) is 0 Å². The summed E-state index contributed by atoms with van der Waals surface area (Å²) < 4.78 is 15.5. The molecule has 0 amide bonds. The van der Waals surface area contributed by atoms with Crippen LogP contribution in [0.25, 0.3) is 0 Å². The molecule has 0 saturated heterocycles. The first-order valence-electron chi connectivity index (χ1n) is 7.51. The van der Waals surface area contributed by atoms with E-state index in [1.54, 1.807) is 38.1 Å². The Morgan fingerprint density at radius 1 is 1.00 bits per heavy atom. The van der Waals surface area contributed by atoms with Crippen molar-refractivity contribution in [2.24, 2.45) is 0 Å². The molecular weight excluding hydrogens is 312 g/mol. The number of ether oxygens (including phenoxy) is 3. The molecule has 0 N–H and O–H groups in total. The van der Waals surface area contributed by atoms with Gasteiger partial charge in [-0.15, -0.1) is 0 Å². The van der Waals surface area contributed by atoms with Gasteiger partial charge in [0.25, 0.3) is 0 Å². The van der Waals surface area contributed by atoms with Crippen LogP contribution in [0.5, 0.6) is 5.75 Å². The molecule has 0 aliphatic carbocycles. The summed E-state index contributed by atoms with van der Waals surface area (Å²) in [6.07, 6.45) is 2.73. The summed E-state index contributed by atoms with van der Waals surface area (Å²) in [5, 5.41) is 0. The number of aromatic nitrogens is 2. The Balaban J connectivity index is 2.03. The Hall–Kier alpha value is -2.96. The number of rotatable bonds is 7. The van der Waals surface area contributed by atoms with Crippen molar-refractivity contribution in [3.8, 4) is 5.75 Å². The molecule has 0 saturated carbocycles. The van der Waals surface area contributed by atoms with Crippen molar-refractivity contribution in [3.63, 3.8) is 0 Å². The molecule has 7 heteroatoms. The third-order valence-corrected chi connectivity index (χ3v) is 3.03. The molecule has 1 aromatic heterocycles. The van der Waals surface area contributed by atoms with E-state index in [2.05, 4.69) is 9.97 Å².